The monoisotopic (exact) mass is 369 g/mol. The van der Waals surface area contributed by atoms with E-state index in [1.165, 1.54) is 31.2 Å². The van der Waals surface area contributed by atoms with E-state index in [1.54, 1.807) is 0 Å². The summed E-state index contributed by atoms with van der Waals surface area (Å²) in [5.41, 5.74) is -0.615. The molecule has 0 aromatic heterocycles. The summed E-state index contributed by atoms with van der Waals surface area (Å²) >= 11 is 0. The highest BCUT2D eigenvalue weighted by Gasteiger charge is 2.32. The summed E-state index contributed by atoms with van der Waals surface area (Å²) in [6.45, 7) is -3.77. The number of aryl methyl sites for hydroxylation is 1. The second kappa shape index (κ2) is 8.45. The van der Waals surface area contributed by atoms with Crippen molar-refractivity contribution in [2.45, 2.75) is 45.6 Å². The van der Waals surface area contributed by atoms with Crippen LogP contribution in [0.25, 0.3) is 0 Å². The molecule has 0 spiro atoms. The van der Waals surface area contributed by atoms with Crippen molar-refractivity contribution in [3.63, 3.8) is 0 Å². The molecule has 0 fully saturated rings. The first kappa shape index (κ1) is 10.8. The van der Waals surface area contributed by atoms with Gasteiger partial charge in [0.15, 0.2) is 5.78 Å². The van der Waals surface area contributed by atoms with Crippen molar-refractivity contribution in [2.24, 2.45) is 11.8 Å². The average molecular weight is 370 g/mol. The summed E-state index contributed by atoms with van der Waals surface area (Å²) < 4.78 is 71.7. The van der Waals surface area contributed by atoms with E-state index in [2.05, 4.69) is 5.32 Å². The lowest BCUT2D eigenvalue weighted by atomic mass is 9.94. The summed E-state index contributed by atoms with van der Waals surface area (Å²) in [7, 11) is 0.967. The molecule has 142 valence electrons. The Morgan fingerprint density at radius 3 is 2.88 bits per heavy atom. The molecule has 1 aromatic rings. The van der Waals surface area contributed by atoms with E-state index in [0.717, 1.165) is 14.0 Å². The van der Waals surface area contributed by atoms with E-state index in [-0.39, 0.29) is 11.1 Å². The SMILES string of the molecule is [2H]C([2H])([2H])C([2H])(C)[C@H](O)C(=O)C[C@@H](C)C(=O)N[C@]1([2H])C(=O)N(C)C([2H])([2H])C([2H])([2H])c2ccccc21. The maximum absolute atomic E-state index is 13.2. The Morgan fingerprint density at radius 2 is 2.19 bits per heavy atom. The summed E-state index contributed by atoms with van der Waals surface area (Å²) in [6.07, 6.45) is -5.69. The fraction of sp³-hybridized carbons (Fsp3) is 0.550. The highest BCUT2D eigenvalue weighted by molar-refractivity contribution is 5.92. The first-order valence-electron chi connectivity index (χ1n) is 12.5. The van der Waals surface area contributed by atoms with E-state index < -0.39 is 67.7 Å². The number of carbonyl (C=O) groups is 3. The third-order valence-electron chi connectivity index (χ3n) is 3.99. The number of fused-ring (bicyclic) bond motifs is 1. The van der Waals surface area contributed by atoms with Crippen LogP contribution in [0, 0.1) is 11.8 Å². The van der Waals surface area contributed by atoms with Crippen LogP contribution in [-0.4, -0.2) is 47.3 Å². The molecule has 2 N–H and O–H groups in total. The van der Waals surface area contributed by atoms with Crippen molar-refractivity contribution in [3.8, 4) is 0 Å². The number of hydrogen-bond donors (Lipinski definition) is 2. The van der Waals surface area contributed by atoms with Crippen molar-refractivity contribution in [1.82, 2.24) is 10.2 Å². The maximum Gasteiger partial charge on any atom is 0.249 e. The number of benzene rings is 1. The minimum absolute atomic E-state index is 0.295. The van der Waals surface area contributed by atoms with Crippen LogP contribution in [0.1, 0.15) is 56.6 Å². The second-order valence-corrected chi connectivity index (χ2v) is 6.17. The van der Waals surface area contributed by atoms with Gasteiger partial charge in [-0.25, -0.2) is 0 Å². The number of nitrogens with zero attached hydrogens (tertiary/aromatic N) is 1. The predicted molar refractivity (Wildman–Crippen MR) is 98.3 cm³/mol. The Bertz CT molecular complexity index is 1030. The number of amides is 2. The molecule has 4 atom stereocenters. The van der Waals surface area contributed by atoms with Gasteiger partial charge in [-0.3, -0.25) is 14.4 Å². The number of likely N-dealkylation sites (N-methyl/N-ethyl adjacent to an activating group) is 1. The summed E-state index contributed by atoms with van der Waals surface area (Å²) in [5.74, 6) is -7.20. The van der Waals surface area contributed by atoms with E-state index in [9.17, 15) is 19.5 Å². The predicted octanol–water partition coefficient (Wildman–Crippen LogP) is 1.47. The number of aliphatic hydroxyl groups is 1. The number of aliphatic hydroxyl groups excluding tert-OH is 1. The van der Waals surface area contributed by atoms with Gasteiger partial charge in [0.2, 0.25) is 11.8 Å². The van der Waals surface area contributed by atoms with Crippen molar-refractivity contribution < 1.29 is 31.8 Å². The molecule has 1 aliphatic rings. The van der Waals surface area contributed by atoms with Crippen LogP contribution in [0.5, 0.6) is 0 Å². The van der Waals surface area contributed by atoms with Gasteiger partial charge in [0.1, 0.15) is 12.1 Å². The number of nitrogens with one attached hydrogen (secondary N) is 1. The van der Waals surface area contributed by atoms with E-state index in [0.29, 0.717) is 4.90 Å². The van der Waals surface area contributed by atoms with Crippen LogP contribution >= 0.6 is 0 Å². The van der Waals surface area contributed by atoms with Crippen LogP contribution in [0.3, 0.4) is 0 Å². The first-order chi connectivity index (χ1) is 15.6. The summed E-state index contributed by atoms with van der Waals surface area (Å²) in [6, 6.07) is 2.57. The lowest BCUT2D eigenvalue weighted by molar-refractivity contribution is -0.137. The fourth-order valence-corrected chi connectivity index (χ4v) is 2.40. The Hall–Kier alpha value is -2.21. The molecular formula is C20H28N2O4. The van der Waals surface area contributed by atoms with Crippen molar-refractivity contribution in [2.75, 3.05) is 13.5 Å². The second-order valence-electron chi connectivity index (χ2n) is 6.17. The van der Waals surface area contributed by atoms with Crippen LogP contribution in [-0.2, 0) is 20.8 Å². The van der Waals surface area contributed by atoms with Gasteiger partial charge in [0.25, 0.3) is 0 Å². The minimum atomic E-state index is -2.99. The number of ketones is 1. The number of rotatable bonds is 6. The topological polar surface area (TPSA) is 86.7 Å². The van der Waals surface area contributed by atoms with Gasteiger partial charge >= 0.3 is 0 Å². The van der Waals surface area contributed by atoms with Gasteiger partial charge in [-0.1, -0.05) is 45.0 Å². The molecule has 1 aliphatic heterocycles. The highest BCUT2D eigenvalue weighted by Crippen LogP contribution is 2.25. The largest absolute Gasteiger partial charge is 0.385 e. The molecule has 26 heavy (non-hydrogen) atoms. The molecule has 1 aromatic carbocycles. The van der Waals surface area contributed by atoms with Crippen LogP contribution < -0.4 is 5.32 Å². The first-order valence-corrected chi connectivity index (χ1v) is 8.05. The highest BCUT2D eigenvalue weighted by atomic mass is 16.3. The summed E-state index contributed by atoms with van der Waals surface area (Å²) in [4.78, 5) is 39.0. The zero-order chi connectivity index (χ0) is 27.4. The van der Waals surface area contributed by atoms with E-state index in [1.807, 2.05) is 0 Å². The lowest BCUT2D eigenvalue weighted by Crippen LogP contribution is -2.43. The molecule has 2 amide bonds. The Kier molecular flexibility index (Phi) is 3.52. The van der Waals surface area contributed by atoms with Crippen LogP contribution in [0.4, 0.5) is 0 Å². The molecule has 1 heterocycles. The van der Waals surface area contributed by atoms with Gasteiger partial charge in [0.05, 0.1) is 1.37 Å². The molecule has 0 bridgehead atoms. The molecular weight excluding hydrogens is 332 g/mol. The number of carbonyl (C=O) groups excluding carboxylic acids is 3. The Morgan fingerprint density at radius 1 is 1.50 bits per heavy atom. The molecule has 6 heteroatoms. The third kappa shape index (κ3) is 4.49. The number of Topliss-reactive ketones (excluding diaryl/α,β-unsaturated/α-hetero) is 1. The van der Waals surface area contributed by atoms with E-state index >= 15 is 0 Å². The molecule has 0 saturated carbocycles. The van der Waals surface area contributed by atoms with Gasteiger partial charge in [-0.15, -0.1) is 0 Å². The van der Waals surface area contributed by atoms with Crippen molar-refractivity contribution in [3.05, 3.63) is 35.4 Å². The third-order valence-corrected chi connectivity index (χ3v) is 3.99. The quantitative estimate of drug-likeness (QED) is 0.795. The molecule has 0 radical (unpaired) electrons. The zero-order valence-corrected chi connectivity index (χ0v) is 14.8. The Labute approximate surface area is 167 Å². The summed E-state index contributed by atoms with van der Waals surface area (Å²) in [5, 5.41) is 12.3. The van der Waals surface area contributed by atoms with E-state index in [4.69, 9.17) is 12.3 Å². The zero-order valence-electron chi connectivity index (χ0n) is 23.8. The molecule has 1 unspecified atom stereocenters. The standard InChI is InChI=1S/C20H28N2O4/c1-12(2)18(24)16(23)11-13(3)19(25)21-17-15-8-6-5-7-14(15)9-10-22(4)20(17)26/h5-8,12-13,17-18,24H,9-11H2,1-4H3,(H,21,25)/t13-,17+,18+/m1/s1/i1D3,9D2,10D2,12D,17D/t12?,13-,17+,18+. The minimum Gasteiger partial charge on any atom is -0.385 e. The van der Waals surface area contributed by atoms with Gasteiger partial charge < -0.3 is 15.3 Å². The van der Waals surface area contributed by atoms with Gasteiger partial charge in [-0.05, 0) is 23.4 Å². The lowest BCUT2D eigenvalue weighted by Gasteiger charge is -2.24. The van der Waals surface area contributed by atoms with Gasteiger partial charge in [0, 0.05) is 36.8 Å². The number of hydrogen-bond acceptors (Lipinski definition) is 4. The van der Waals surface area contributed by atoms with Crippen LogP contribution in [0.15, 0.2) is 24.3 Å². The molecule has 0 saturated heterocycles. The molecule has 2 rings (SSSR count). The normalized spacial score (nSPS) is 34.1. The van der Waals surface area contributed by atoms with Gasteiger partial charge in [-0.2, -0.15) is 0 Å². The molecule has 6 nitrogen and oxygen atoms in total. The molecule has 0 aliphatic carbocycles. The van der Waals surface area contributed by atoms with Crippen molar-refractivity contribution >= 4 is 17.6 Å². The van der Waals surface area contributed by atoms with Crippen LogP contribution in [0.2, 0.25) is 0 Å². The smallest absolute Gasteiger partial charge is 0.249 e. The van der Waals surface area contributed by atoms with Crippen molar-refractivity contribution in [1.29, 1.82) is 0 Å². The Balaban J connectivity index is 2.40. The maximum atomic E-state index is 13.2. The average Bonchev–Trinajstić information content (AvgIpc) is 2.78. The fourth-order valence-electron chi connectivity index (χ4n) is 2.40.